The van der Waals surface area contributed by atoms with Crippen LogP contribution in [0, 0.1) is 6.92 Å². The molecule has 3 rings (SSSR count). The van der Waals surface area contributed by atoms with Gasteiger partial charge < -0.3 is 15.2 Å². The number of hydrogen-bond donors (Lipinski definition) is 2. The molecule has 2 aromatic carbocycles. The van der Waals surface area contributed by atoms with E-state index in [1.165, 1.54) is 5.56 Å². The molecule has 2 aromatic rings. The van der Waals surface area contributed by atoms with Gasteiger partial charge >= 0.3 is 0 Å². The Morgan fingerprint density at radius 2 is 2.04 bits per heavy atom. The minimum Gasteiger partial charge on any atom is -0.392 e. The lowest BCUT2D eigenvalue weighted by Gasteiger charge is -2.32. The number of morpholine rings is 1. The Balaban J connectivity index is 1.62. The summed E-state index contributed by atoms with van der Waals surface area (Å²) in [5.41, 5.74) is 3.69. The maximum atomic E-state index is 12.6. The number of carbonyl (C=O) groups excluding carboxylic acids is 1. The van der Waals surface area contributed by atoms with Gasteiger partial charge in [0.2, 0.25) is 0 Å². The van der Waals surface area contributed by atoms with Crippen molar-refractivity contribution in [3.8, 4) is 0 Å². The van der Waals surface area contributed by atoms with Gasteiger partial charge in [0.05, 0.1) is 13.2 Å². The Labute approximate surface area is 148 Å². The van der Waals surface area contributed by atoms with Crippen molar-refractivity contribution in [1.82, 2.24) is 4.90 Å². The Kier molecular flexibility index (Phi) is 5.81. The fourth-order valence-electron chi connectivity index (χ4n) is 2.96. The first-order valence-electron chi connectivity index (χ1n) is 8.55. The van der Waals surface area contributed by atoms with E-state index in [9.17, 15) is 9.90 Å². The predicted molar refractivity (Wildman–Crippen MR) is 97.2 cm³/mol. The highest BCUT2D eigenvalue weighted by atomic mass is 16.5. The number of nitrogens with one attached hydrogen (secondary N) is 1. The minimum absolute atomic E-state index is 0.0477. The van der Waals surface area contributed by atoms with Gasteiger partial charge in [-0.15, -0.1) is 0 Å². The molecule has 1 amide bonds. The number of nitrogens with zero attached hydrogens (tertiary/aromatic N) is 1. The van der Waals surface area contributed by atoms with E-state index >= 15 is 0 Å². The van der Waals surface area contributed by atoms with Crippen molar-refractivity contribution in [3.63, 3.8) is 0 Å². The number of aryl methyl sites for hydroxylation is 1. The zero-order chi connectivity index (χ0) is 17.6. The average Bonchev–Trinajstić information content (AvgIpc) is 2.64. The number of carbonyl (C=O) groups is 1. The lowest BCUT2D eigenvalue weighted by atomic mass is 10.1. The normalized spacial score (nSPS) is 18.1. The molecule has 0 aliphatic carbocycles. The van der Waals surface area contributed by atoms with Gasteiger partial charge in [-0.05, 0) is 29.7 Å². The molecule has 0 aromatic heterocycles. The third-order valence-corrected chi connectivity index (χ3v) is 4.43. The Bertz CT molecular complexity index is 718. The van der Waals surface area contributed by atoms with E-state index in [1.54, 1.807) is 6.07 Å². The van der Waals surface area contributed by atoms with Crippen molar-refractivity contribution in [2.75, 3.05) is 25.0 Å². The summed E-state index contributed by atoms with van der Waals surface area (Å²) in [6, 6.07) is 15.8. The van der Waals surface area contributed by atoms with Crippen LogP contribution in [0.3, 0.4) is 0 Å². The van der Waals surface area contributed by atoms with Gasteiger partial charge in [-0.1, -0.05) is 42.5 Å². The summed E-state index contributed by atoms with van der Waals surface area (Å²) in [6.45, 7) is 4.62. The summed E-state index contributed by atoms with van der Waals surface area (Å²) in [5.74, 6) is -0.143. The molecule has 1 fully saturated rings. The highest BCUT2D eigenvalue weighted by molar-refractivity contribution is 5.95. The fourth-order valence-corrected chi connectivity index (χ4v) is 2.96. The molecule has 1 aliphatic rings. The standard InChI is InChI=1S/C20H24N2O3/c1-15-7-8-17(14-23)11-18(15)21-20(24)19-13-22(9-10-25-19)12-16-5-3-2-4-6-16/h2-8,11,19,23H,9-10,12-14H2,1H3,(H,21,24)/t19-/m0/s1. The second-order valence-electron chi connectivity index (χ2n) is 6.38. The molecule has 0 saturated carbocycles. The molecular formula is C20H24N2O3. The second kappa shape index (κ2) is 8.25. The van der Waals surface area contributed by atoms with E-state index in [0.29, 0.717) is 13.2 Å². The summed E-state index contributed by atoms with van der Waals surface area (Å²) < 4.78 is 5.67. The van der Waals surface area contributed by atoms with Crippen LogP contribution in [0.2, 0.25) is 0 Å². The van der Waals surface area contributed by atoms with E-state index in [0.717, 1.165) is 29.9 Å². The third kappa shape index (κ3) is 4.66. The lowest BCUT2D eigenvalue weighted by molar-refractivity contribution is -0.133. The van der Waals surface area contributed by atoms with Gasteiger partial charge in [0, 0.05) is 25.3 Å². The monoisotopic (exact) mass is 340 g/mol. The summed E-state index contributed by atoms with van der Waals surface area (Å²) in [6.07, 6.45) is -0.491. The van der Waals surface area contributed by atoms with Gasteiger partial charge in [0.25, 0.3) is 5.91 Å². The smallest absolute Gasteiger partial charge is 0.254 e. The molecule has 2 N–H and O–H groups in total. The number of aliphatic hydroxyl groups excluding tert-OH is 1. The number of amides is 1. The number of benzene rings is 2. The molecule has 0 radical (unpaired) electrons. The quantitative estimate of drug-likeness (QED) is 0.877. The van der Waals surface area contributed by atoms with E-state index in [4.69, 9.17) is 4.74 Å². The molecule has 1 aliphatic heterocycles. The van der Waals surface area contributed by atoms with Crippen LogP contribution in [0.25, 0.3) is 0 Å². The molecular weight excluding hydrogens is 316 g/mol. The van der Waals surface area contributed by atoms with Crippen LogP contribution >= 0.6 is 0 Å². The molecule has 0 spiro atoms. The maximum absolute atomic E-state index is 12.6. The summed E-state index contributed by atoms with van der Waals surface area (Å²) in [5, 5.41) is 12.2. The van der Waals surface area contributed by atoms with Crippen LogP contribution < -0.4 is 5.32 Å². The zero-order valence-corrected chi connectivity index (χ0v) is 14.4. The summed E-state index contributed by atoms with van der Waals surface area (Å²) >= 11 is 0. The third-order valence-electron chi connectivity index (χ3n) is 4.43. The van der Waals surface area contributed by atoms with Crippen LogP contribution in [-0.4, -0.2) is 41.7 Å². The highest BCUT2D eigenvalue weighted by Gasteiger charge is 2.27. The summed E-state index contributed by atoms with van der Waals surface area (Å²) in [4.78, 5) is 14.8. The van der Waals surface area contributed by atoms with Crippen molar-refractivity contribution >= 4 is 11.6 Å². The Morgan fingerprint density at radius 3 is 2.80 bits per heavy atom. The van der Waals surface area contributed by atoms with E-state index in [2.05, 4.69) is 22.3 Å². The first-order valence-corrected chi connectivity index (χ1v) is 8.55. The van der Waals surface area contributed by atoms with E-state index < -0.39 is 6.10 Å². The highest BCUT2D eigenvalue weighted by Crippen LogP contribution is 2.18. The fraction of sp³-hybridized carbons (Fsp3) is 0.350. The first-order chi connectivity index (χ1) is 12.2. The minimum atomic E-state index is -0.491. The predicted octanol–water partition coefficient (Wildman–Crippen LogP) is 2.33. The van der Waals surface area contributed by atoms with Crippen molar-refractivity contribution in [2.45, 2.75) is 26.2 Å². The molecule has 132 valence electrons. The van der Waals surface area contributed by atoms with Crippen molar-refractivity contribution in [2.24, 2.45) is 0 Å². The van der Waals surface area contributed by atoms with Crippen LogP contribution in [0.15, 0.2) is 48.5 Å². The number of ether oxygens (including phenoxy) is 1. The van der Waals surface area contributed by atoms with Crippen LogP contribution in [0.5, 0.6) is 0 Å². The largest absolute Gasteiger partial charge is 0.392 e. The van der Waals surface area contributed by atoms with E-state index in [-0.39, 0.29) is 12.5 Å². The lowest BCUT2D eigenvalue weighted by Crippen LogP contribution is -2.47. The van der Waals surface area contributed by atoms with Crippen molar-refractivity contribution in [3.05, 3.63) is 65.2 Å². The van der Waals surface area contributed by atoms with Crippen molar-refractivity contribution < 1.29 is 14.6 Å². The van der Waals surface area contributed by atoms with Crippen LogP contribution in [0.1, 0.15) is 16.7 Å². The zero-order valence-electron chi connectivity index (χ0n) is 14.4. The Morgan fingerprint density at radius 1 is 1.24 bits per heavy atom. The number of aliphatic hydroxyl groups is 1. The Hall–Kier alpha value is -2.21. The van der Waals surface area contributed by atoms with Crippen LogP contribution in [-0.2, 0) is 22.7 Å². The molecule has 25 heavy (non-hydrogen) atoms. The molecule has 5 heteroatoms. The molecule has 1 atom stereocenters. The number of hydrogen-bond acceptors (Lipinski definition) is 4. The van der Waals surface area contributed by atoms with Gasteiger partial charge in [-0.25, -0.2) is 0 Å². The number of anilines is 1. The van der Waals surface area contributed by atoms with Gasteiger partial charge in [0.15, 0.2) is 0 Å². The molecule has 1 saturated heterocycles. The van der Waals surface area contributed by atoms with Crippen LogP contribution in [0.4, 0.5) is 5.69 Å². The summed E-state index contributed by atoms with van der Waals surface area (Å²) in [7, 11) is 0. The van der Waals surface area contributed by atoms with Gasteiger partial charge in [-0.2, -0.15) is 0 Å². The molecule has 5 nitrogen and oxygen atoms in total. The van der Waals surface area contributed by atoms with Gasteiger partial charge in [-0.3, -0.25) is 9.69 Å². The topological polar surface area (TPSA) is 61.8 Å². The van der Waals surface area contributed by atoms with Crippen molar-refractivity contribution in [1.29, 1.82) is 0 Å². The maximum Gasteiger partial charge on any atom is 0.254 e. The average molecular weight is 340 g/mol. The molecule has 1 heterocycles. The van der Waals surface area contributed by atoms with Gasteiger partial charge in [0.1, 0.15) is 6.10 Å². The molecule has 0 unspecified atom stereocenters. The molecule has 0 bridgehead atoms. The first kappa shape index (κ1) is 17.6. The number of rotatable bonds is 5. The second-order valence-corrected chi connectivity index (χ2v) is 6.38. The SMILES string of the molecule is Cc1ccc(CO)cc1NC(=O)[C@@H]1CN(Cc2ccccc2)CCO1. The van der Waals surface area contributed by atoms with E-state index in [1.807, 2.05) is 37.3 Å².